The van der Waals surface area contributed by atoms with Gasteiger partial charge in [0, 0.05) is 55.0 Å². The van der Waals surface area contributed by atoms with Crippen LogP contribution in [0.4, 0.5) is 11.4 Å². The Hall–Kier alpha value is -2.58. The molecule has 0 atom stereocenters. The molecule has 7 heteroatoms. The number of hydrogen-bond acceptors (Lipinski definition) is 0. The van der Waals surface area contributed by atoms with E-state index in [-0.39, 0.29) is 7.43 Å². The largest absolute Gasteiger partial charge is 0.360 e. The first-order valence-electron chi connectivity index (χ1n) is 10.9. The maximum Gasteiger partial charge on any atom is 0.190 e. The first-order valence-corrected chi connectivity index (χ1v) is 13.6. The van der Waals surface area contributed by atoms with Crippen molar-refractivity contribution in [2.24, 2.45) is 0 Å². The molecule has 0 spiro atoms. The molecule has 36 heavy (non-hydrogen) atoms. The van der Waals surface area contributed by atoms with Crippen LogP contribution in [0, 0.1) is 27.0 Å². The minimum atomic E-state index is 0. The molecule has 0 bridgehead atoms. The van der Waals surface area contributed by atoms with Gasteiger partial charge in [-0.2, -0.15) is 0 Å². The molecular weight excluding hydrogens is 644 g/mol. The van der Waals surface area contributed by atoms with Gasteiger partial charge in [-0.05, 0) is 93.9 Å². The molecule has 0 aliphatic heterocycles. The van der Waals surface area contributed by atoms with Gasteiger partial charge in [-0.15, -0.1) is 13.2 Å². The summed E-state index contributed by atoms with van der Waals surface area (Å²) in [6.07, 6.45) is 9.77. The fourth-order valence-electron chi connectivity index (χ4n) is 3.35. The van der Waals surface area contributed by atoms with Crippen LogP contribution in [0.3, 0.4) is 0 Å². The molecular formula is C29H31Br3N4. The van der Waals surface area contributed by atoms with Crippen LogP contribution in [0.2, 0.25) is 0 Å². The van der Waals surface area contributed by atoms with Crippen LogP contribution in [0.5, 0.6) is 0 Å². The lowest BCUT2D eigenvalue weighted by Gasteiger charge is -2.04. The Labute approximate surface area is 240 Å². The van der Waals surface area contributed by atoms with Crippen LogP contribution in [0.1, 0.15) is 31.4 Å². The molecule has 0 saturated heterocycles. The Morgan fingerprint density at radius 2 is 1.50 bits per heavy atom. The summed E-state index contributed by atoms with van der Waals surface area (Å²) in [5.74, 6) is 0. The van der Waals surface area contributed by atoms with Crippen molar-refractivity contribution < 1.29 is 0 Å². The van der Waals surface area contributed by atoms with E-state index in [9.17, 15) is 0 Å². The topological polar surface area (TPSA) is 29.4 Å². The molecule has 2 heterocycles. The molecule has 0 aliphatic carbocycles. The number of aromatic amines is 1. The molecule has 0 saturated carbocycles. The molecule has 0 aliphatic rings. The Morgan fingerprint density at radius 3 is 2.03 bits per heavy atom. The van der Waals surface area contributed by atoms with Crippen LogP contribution in [0.15, 0.2) is 70.9 Å². The number of H-pyrrole nitrogens is 1. The summed E-state index contributed by atoms with van der Waals surface area (Å²) in [6, 6.07) is 7.93. The Balaban J connectivity index is 0.000000303. The normalized spacial score (nSPS) is 9.64. The predicted octanol–water partition coefficient (Wildman–Crippen LogP) is 11.2. The van der Waals surface area contributed by atoms with Gasteiger partial charge in [-0.1, -0.05) is 35.5 Å². The molecule has 1 N–H and O–H groups in total. The highest BCUT2D eigenvalue weighted by atomic mass is 79.9. The van der Waals surface area contributed by atoms with Gasteiger partial charge < -0.3 is 9.55 Å². The number of allylic oxidation sites excluding steroid dienone is 2. The number of aromatic nitrogens is 2. The summed E-state index contributed by atoms with van der Waals surface area (Å²) >= 11 is 10.2. The van der Waals surface area contributed by atoms with E-state index in [0.717, 1.165) is 66.8 Å². The number of fused-ring (bicyclic) bond motifs is 2. The average Bonchev–Trinajstić information content (AvgIpc) is 3.36. The predicted molar refractivity (Wildman–Crippen MR) is 168 cm³/mol. The van der Waals surface area contributed by atoms with E-state index >= 15 is 0 Å². The molecule has 4 rings (SSSR count). The minimum absolute atomic E-state index is 0. The second kappa shape index (κ2) is 15.5. The monoisotopic (exact) mass is 672 g/mol. The summed E-state index contributed by atoms with van der Waals surface area (Å²) in [4.78, 5) is 10.1. The van der Waals surface area contributed by atoms with Gasteiger partial charge in [0.05, 0.1) is 13.1 Å². The Morgan fingerprint density at radius 1 is 0.917 bits per heavy atom. The zero-order chi connectivity index (χ0) is 26.0. The molecule has 188 valence electrons. The van der Waals surface area contributed by atoms with Crippen LogP contribution in [-0.2, 0) is 6.54 Å². The lowest BCUT2D eigenvalue weighted by molar-refractivity contribution is 0.738. The van der Waals surface area contributed by atoms with E-state index in [1.165, 1.54) is 5.52 Å². The highest BCUT2D eigenvalue weighted by Crippen LogP contribution is 2.33. The standard InChI is InChI=1S/C14H13BrN2.C10H7BrN2.C4H7Br.CH4/c1-4-5-6-17-9-12(15)11-8-13(16-3)10(2)7-14(11)17;1-6-3-10-7(4-9(6)12-2)8(11)5-13-10;1-2-3-4-5;/h4,7-9H,1,5-6H2,2H3;3-5,13H,1H3;2H,1,3-4H2;1H4. The third-order valence-electron chi connectivity index (χ3n) is 5.23. The SMILES string of the molecule is C.C=CCCBr.[C-]#[N+]c1cc2c(Br)c[nH]c2cc1C.[C-]#[N+]c1cc2c(Br)cn(CCC=C)c2cc1C. The second-order valence-electron chi connectivity index (χ2n) is 7.71. The molecule has 4 aromatic rings. The van der Waals surface area contributed by atoms with Crippen molar-refractivity contribution in [3.63, 3.8) is 0 Å². The fourth-order valence-corrected chi connectivity index (χ4v) is 4.68. The molecule has 0 radical (unpaired) electrons. The third kappa shape index (κ3) is 7.96. The lowest BCUT2D eigenvalue weighted by Crippen LogP contribution is -1.94. The maximum atomic E-state index is 7.14. The van der Waals surface area contributed by atoms with E-state index in [2.05, 4.69) is 92.5 Å². The van der Waals surface area contributed by atoms with E-state index in [1.54, 1.807) is 0 Å². The summed E-state index contributed by atoms with van der Waals surface area (Å²) < 4.78 is 4.25. The van der Waals surface area contributed by atoms with Crippen molar-refractivity contribution in [1.29, 1.82) is 0 Å². The van der Waals surface area contributed by atoms with Gasteiger partial charge in [0.25, 0.3) is 0 Å². The highest BCUT2D eigenvalue weighted by molar-refractivity contribution is 9.11. The number of alkyl halides is 1. The van der Waals surface area contributed by atoms with Gasteiger partial charge in [-0.25, -0.2) is 9.69 Å². The first kappa shape index (κ1) is 31.4. The number of hydrogen-bond donors (Lipinski definition) is 1. The number of halogens is 3. The zero-order valence-corrected chi connectivity index (χ0v) is 24.6. The molecule has 0 unspecified atom stereocenters. The first-order chi connectivity index (χ1) is 16.8. The number of nitrogens with one attached hydrogen (secondary N) is 1. The van der Waals surface area contributed by atoms with Crippen LogP contribution in [-0.4, -0.2) is 14.9 Å². The average molecular weight is 675 g/mol. The van der Waals surface area contributed by atoms with E-state index in [1.807, 2.05) is 50.4 Å². The lowest BCUT2D eigenvalue weighted by atomic mass is 10.1. The van der Waals surface area contributed by atoms with Crippen molar-refractivity contribution in [1.82, 2.24) is 9.55 Å². The molecule has 4 nitrogen and oxygen atoms in total. The van der Waals surface area contributed by atoms with Gasteiger partial charge >= 0.3 is 0 Å². The van der Waals surface area contributed by atoms with Crippen molar-refractivity contribution in [2.75, 3.05) is 5.33 Å². The van der Waals surface area contributed by atoms with Gasteiger partial charge in [0.15, 0.2) is 11.4 Å². The van der Waals surface area contributed by atoms with Gasteiger partial charge in [0.2, 0.25) is 0 Å². The summed E-state index contributed by atoms with van der Waals surface area (Å²) in [6.45, 7) is 26.2. The van der Waals surface area contributed by atoms with Gasteiger partial charge in [0.1, 0.15) is 0 Å². The number of aryl methyl sites for hydroxylation is 3. The van der Waals surface area contributed by atoms with Gasteiger partial charge in [-0.3, -0.25) is 0 Å². The third-order valence-corrected chi connectivity index (χ3v) is 6.97. The number of rotatable bonds is 5. The number of benzene rings is 2. The summed E-state index contributed by atoms with van der Waals surface area (Å²) in [5.41, 5.74) is 5.71. The summed E-state index contributed by atoms with van der Waals surface area (Å²) in [7, 11) is 0. The zero-order valence-electron chi connectivity index (χ0n) is 19.8. The van der Waals surface area contributed by atoms with Crippen molar-refractivity contribution in [3.8, 4) is 0 Å². The van der Waals surface area contributed by atoms with Crippen molar-refractivity contribution >= 4 is 81.0 Å². The molecule has 2 aromatic heterocycles. The highest BCUT2D eigenvalue weighted by Gasteiger charge is 2.09. The minimum Gasteiger partial charge on any atom is -0.360 e. The van der Waals surface area contributed by atoms with E-state index in [4.69, 9.17) is 13.1 Å². The van der Waals surface area contributed by atoms with Crippen LogP contribution < -0.4 is 0 Å². The van der Waals surface area contributed by atoms with E-state index in [0.29, 0.717) is 5.69 Å². The van der Waals surface area contributed by atoms with Crippen molar-refractivity contribution in [2.45, 2.75) is 40.7 Å². The second-order valence-corrected chi connectivity index (χ2v) is 10.2. The molecule has 0 amide bonds. The van der Waals surface area contributed by atoms with Crippen molar-refractivity contribution in [3.05, 3.63) is 105 Å². The smallest absolute Gasteiger partial charge is 0.190 e. The summed E-state index contributed by atoms with van der Waals surface area (Å²) in [5, 5.41) is 3.21. The fraction of sp³-hybridized carbons (Fsp3) is 0.241. The quantitative estimate of drug-likeness (QED) is 0.124. The van der Waals surface area contributed by atoms with Crippen LogP contribution >= 0.6 is 47.8 Å². The number of nitrogens with zero attached hydrogens (tertiary/aromatic N) is 3. The van der Waals surface area contributed by atoms with E-state index < -0.39 is 0 Å². The Bertz CT molecular complexity index is 1410. The molecule has 0 fully saturated rings. The van der Waals surface area contributed by atoms with Crippen LogP contribution in [0.25, 0.3) is 31.5 Å². The Kier molecular flexibility index (Phi) is 13.6. The maximum absolute atomic E-state index is 7.14. The molecule has 2 aromatic carbocycles.